The minimum atomic E-state index is -0.661. The van der Waals surface area contributed by atoms with Gasteiger partial charge < -0.3 is 4.90 Å². The molecule has 0 saturated heterocycles. The average molecular weight is 279 g/mol. The first kappa shape index (κ1) is 14.8. The van der Waals surface area contributed by atoms with Crippen LogP contribution in [0, 0.1) is 11.8 Å². The second kappa shape index (κ2) is 6.71. The van der Waals surface area contributed by atoms with Crippen LogP contribution in [0.3, 0.4) is 0 Å². The van der Waals surface area contributed by atoms with Gasteiger partial charge in [0.25, 0.3) is 5.78 Å². The summed E-state index contributed by atoms with van der Waals surface area (Å²) in [6.07, 6.45) is 0. The zero-order chi connectivity index (χ0) is 15.2. The monoisotopic (exact) mass is 279 g/mol. The predicted octanol–water partition coefficient (Wildman–Crippen LogP) is 2.63. The first-order valence-electron chi connectivity index (χ1n) is 7.00. The molecule has 0 aliphatic rings. The highest BCUT2D eigenvalue weighted by Crippen LogP contribution is 2.17. The van der Waals surface area contributed by atoms with Crippen molar-refractivity contribution < 1.29 is 9.59 Å². The molecule has 0 radical (unpaired) electrons. The van der Waals surface area contributed by atoms with Gasteiger partial charge in [-0.15, -0.1) is 0 Å². The van der Waals surface area contributed by atoms with Crippen LogP contribution < -0.4 is 0 Å². The number of likely N-dealkylation sites (N-methyl/N-ethyl adjacent to an activating group) is 1. The molecule has 0 N–H and O–H groups in total. The van der Waals surface area contributed by atoms with Gasteiger partial charge in [0.05, 0.1) is 0 Å². The Morgan fingerprint density at radius 1 is 1.00 bits per heavy atom. The second-order valence-electron chi connectivity index (χ2n) is 4.58. The molecule has 0 spiro atoms. The smallest absolute Gasteiger partial charge is 0.303 e. The van der Waals surface area contributed by atoms with Crippen LogP contribution in [0.5, 0.6) is 0 Å². The number of nitrogens with zero attached hydrogens (tertiary/aromatic N) is 1. The van der Waals surface area contributed by atoms with Gasteiger partial charge in [0.15, 0.2) is 0 Å². The van der Waals surface area contributed by atoms with Crippen LogP contribution in [0.15, 0.2) is 42.5 Å². The molecule has 0 aliphatic carbocycles. The molecule has 0 aromatic heterocycles. The van der Waals surface area contributed by atoms with Crippen molar-refractivity contribution in [2.45, 2.75) is 13.8 Å². The van der Waals surface area contributed by atoms with Gasteiger partial charge in [0.2, 0.25) is 0 Å². The number of hydrogen-bond donors (Lipinski definition) is 0. The molecule has 0 aliphatic heterocycles. The third-order valence-electron chi connectivity index (χ3n) is 3.35. The first-order valence-corrected chi connectivity index (χ1v) is 7.00. The van der Waals surface area contributed by atoms with Crippen molar-refractivity contribution in [1.82, 2.24) is 4.90 Å². The van der Waals surface area contributed by atoms with Crippen LogP contribution >= 0.6 is 0 Å². The van der Waals surface area contributed by atoms with Crippen LogP contribution in [-0.2, 0) is 9.59 Å². The van der Waals surface area contributed by atoms with Gasteiger partial charge in [-0.05, 0) is 36.6 Å². The van der Waals surface area contributed by atoms with Crippen LogP contribution in [0.25, 0.3) is 10.8 Å². The van der Waals surface area contributed by atoms with Gasteiger partial charge >= 0.3 is 5.91 Å². The van der Waals surface area contributed by atoms with Crippen molar-refractivity contribution in [3.8, 4) is 11.8 Å². The molecule has 0 fully saturated rings. The summed E-state index contributed by atoms with van der Waals surface area (Å²) in [5, 5.41) is 2.04. The van der Waals surface area contributed by atoms with Crippen molar-refractivity contribution >= 4 is 22.5 Å². The highest BCUT2D eigenvalue weighted by Gasteiger charge is 2.16. The third-order valence-corrected chi connectivity index (χ3v) is 3.35. The number of carbonyl (C=O) groups is 2. The molecule has 106 valence electrons. The maximum atomic E-state index is 11.9. The predicted molar refractivity (Wildman–Crippen MR) is 83.8 cm³/mol. The fourth-order valence-electron chi connectivity index (χ4n) is 2.17. The zero-order valence-corrected chi connectivity index (χ0v) is 12.2. The van der Waals surface area contributed by atoms with Gasteiger partial charge in [-0.1, -0.05) is 42.3 Å². The number of fused-ring (bicyclic) bond motifs is 1. The maximum absolute atomic E-state index is 11.9. The Labute approximate surface area is 124 Å². The largest absolute Gasteiger partial charge is 0.336 e. The molecule has 3 heteroatoms. The van der Waals surface area contributed by atoms with E-state index in [1.54, 1.807) is 0 Å². The minimum absolute atomic E-state index is 0.511. The molecule has 0 heterocycles. The molecule has 0 atom stereocenters. The van der Waals surface area contributed by atoms with E-state index in [1.807, 2.05) is 56.3 Å². The molecule has 21 heavy (non-hydrogen) atoms. The summed E-state index contributed by atoms with van der Waals surface area (Å²) in [5.41, 5.74) is 0.758. The van der Waals surface area contributed by atoms with Crippen molar-refractivity contribution in [3.05, 3.63) is 48.0 Å². The molecule has 0 unspecified atom stereocenters. The lowest BCUT2D eigenvalue weighted by Crippen LogP contribution is -2.35. The third kappa shape index (κ3) is 3.29. The maximum Gasteiger partial charge on any atom is 0.303 e. The van der Waals surface area contributed by atoms with Crippen LogP contribution in [0.2, 0.25) is 0 Å². The molecule has 2 rings (SSSR count). The molecular weight excluding hydrogens is 262 g/mol. The summed E-state index contributed by atoms with van der Waals surface area (Å²) in [6.45, 7) is 4.70. The Morgan fingerprint density at radius 3 is 2.38 bits per heavy atom. The number of ketones is 1. The van der Waals surface area contributed by atoms with Crippen molar-refractivity contribution in [1.29, 1.82) is 0 Å². The normalized spacial score (nSPS) is 9.81. The molecule has 0 bridgehead atoms. The number of amides is 1. The Hall–Kier alpha value is -2.60. The Bertz CT molecular complexity index is 728. The standard InChI is InChI=1S/C18H17NO2/c1-3-19(4-2)18(21)17(20)13-12-15-10-7-9-14-8-5-6-11-16(14)15/h5-11H,3-4H2,1-2H3. The van der Waals surface area contributed by atoms with E-state index < -0.39 is 11.7 Å². The number of hydrogen-bond acceptors (Lipinski definition) is 2. The van der Waals surface area contributed by atoms with Gasteiger partial charge in [-0.3, -0.25) is 9.59 Å². The van der Waals surface area contributed by atoms with Crippen LogP contribution in [0.1, 0.15) is 19.4 Å². The van der Waals surface area contributed by atoms with Gasteiger partial charge in [0, 0.05) is 18.7 Å². The van der Waals surface area contributed by atoms with E-state index in [0.29, 0.717) is 13.1 Å². The zero-order valence-electron chi connectivity index (χ0n) is 12.2. The fourth-order valence-corrected chi connectivity index (χ4v) is 2.17. The minimum Gasteiger partial charge on any atom is -0.336 e. The van der Waals surface area contributed by atoms with E-state index in [0.717, 1.165) is 16.3 Å². The fraction of sp³-hybridized carbons (Fsp3) is 0.222. The summed E-state index contributed by atoms with van der Waals surface area (Å²) in [4.78, 5) is 25.2. The van der Waals surface area contributed by atoms with Crippen LogP contribution in [0.4, 0.5) is 0 Å². The van der Waals surface area contributed by atoms with E-state index in [-0.39, 0.29) is 0 Å². The summed E-state index contributed by atoms with van der Waals surface area (Å²) in [5.74, 6) is 4.09. The van der Waals surface area contributed by atoms with Gasteiger partial charge in [-0.25, -0.2) is 0 Å². The quantitative estimate of drug-likeness (QED) is 0.640. The molecule has 3 nitrogen and oxygen atoms in total. The van der Waals surface area contributed by atoms with E-state index in [1.165, 1.54) is 4.90 Å². The number of benzene rings is 2. The Morgan fingerprint density at radius 2 is 1.67 bits per heavy atom. The van der Waals surface area contributed by atoms with E-state index >= 15 is 0 Å². The topological polar surface area (TPSA) is 37.4 Å². The van der Waals surface area contributed by atoms with Gasteiger partial charge in [0.1, 0.15) is 0 Å². The molecule has 1 amide bonds. The van der Waals surface area contributed by atoms with Gasteiger partial charge in [-0.2, -0.15) is 0 Å². The summed E-state index contributed by atoms with van der Waals surface area (Å²) >= 11 is 0. The lowest BCUT2D eigenvalue weighted by molar-refractivity contribution is -0.141. The molecule has 2 aromatic rings. The Kier molecular flexibility index (Phi) is 4.73. The van der Waals surface area contributed by atoms with E-state index in [2.05, 4.69) is 11.8 Å². The lowest BCUT2D eigenvalue weighted by Gasteiger charge is -2.15. The first-order chi connectivity index (χ1) is 10.2. The lowest BCUT2D eigenvalue weighted by atomic mass is 10.0. The van der Waals surface area contributed by atoms with Crippen molar-refractivity contribution in [3.63, 3.8) is 0 Å². The highest BCUT2D eigenvalue weighted by atomic mass is 16.2. The summed E-state index contributed by atoms with van der Waals surface area (Å²) in [7, 11) is 0. The number of Topliss-reactive ketones (excluding diaryl/α,β-unsaturated/α-hetero) is 1. The summed E-state index contributed by atoms with van der Waals surface area (Å²) < 4.78 is 0. The number of rotatable bonds is 3. The van der Waals surface area contributed by atoms with Crippen molar-refractivity contribution in [2.75, 3.05) is 13.1 Å². The van der Waals surface area contributed by atoms with E-state index in [9.17, 15) is 9.59 Å². The summed E-state index contributed by atoms with van der Waals surface area (Å²) in [6, 6.07) is 13.6. The molecule has 2 aromatic carbocycles. The van der Waals surface area contributed by atoms with E-state index in [4.69, 9.17) is 0 Å². The number of carbonyl (C=O) groups excluding carboxylic acids is 2. The second-order valence-corrected chi connectivity index (χ2v) is 4.58. The highest BCUT2D eigenvalue weighted by molar-refractivity contribution is 6.43. The van der Waals surface area contributed by atoms with Crippen LogP contribution in [-0.4, -0.2) is 29.7 Å². The molecule has 0 saturated carbocycles. The average Bonchev–Trinajstić information content (AvgIpc) is 2.53. The Balaban J connectivity index is 2.29. The molecular formula is C18H17NO2. The van der Waals surface area contributed by atoms with Crippen molar-refractivity contribution in [2.24, 2.45) is 0 Å². The SMILES string of the molecule is CCN(CC)C(=O)C(=O)C#Cc1cccc2ccccc12.